The molecule has 29 heavy (non-hydrogen) atoms. The highest BCUT2D eigenvalue weighted by Crippen LogP contribution is 2.24. The van der Waals surface area contributed by atoms with Crippen molar-refractivity contribution in [3.8, 4) is 0 Å². The number of carbonyl (C=O) groups excluding carboxylic acids is 4. The lowest BCUT2D eigenvalue weighted by atomic mass is 9.86. The van der Waals surface area contributed by atoms with Crippen molar-refractivity contribution in [3.63, 3.8) is 0 Å². The highest BCUT2D eigenvalue weighted by molar-refractivity contribution is 6.01. The summed E-state index contributed by atoms with van der Waals surface area (Å²) in [6, 6.07) is 6.17. The monoisotopic (exact) mass is 401 g/mol. The molecule has 1 aromatic carbocycles. The Morgan fingerprint density at radius 1 is 1.28 bits per heavy atom. The van der Waals surface area contributed by atoms with Crippen LogP contribution in [0, 0.1) is 5.92 Å². The molecule has 1 saturated heterocycles. The largest absolute Gasteiger partial charge is 0.449 e. The number of hydrogen-bond acceptors (Lipinski definition) is 5. The predicted octanol–water partition coefficient (Wildman–Crippen LogP) is 1.98. The lowest BCUT2D eigenvalue weighted by Crippen LogP contribution is -2.46. The lowest BCUT2D eigenvalue weighted by molar-refractivity contribution is -0.130. The average Bonchev–Trinajstić information content (AvgIpc) is 3.02. The summed E-state index contributed by atoms with van der Waals surface area (Å²) in [5, 5.41) is 5.44. The summed E-state index contributed by atoms with van der Waals surface area (Å²) >= 11 is 0. The molecule has 2 N–H and O–H groups in total. The van der Waals surface area contributed by atoms with Crippen LogP contribution in [0.4, 0.5) is 4.79 Å². The second kappa shape index (κ2) is 9.07. The summed E-state index contributed by atoms with van der Waals surface area (Å²) in [6.07, 6.45) is 3.39. The first-order valence-corrected chi connectivity index (χ1v) is 10.0. The van der Waals surface area contributed by atoms with Crippen molar-refractivity contribution in [2.75, 3.05) is 6.54 Å². The maximum absolute atomic E-state index is 12.5. The number of esters is 1. The Kier molecular flexibility index (Phi) is 6.51. The zero-order valence-electron chi connectivity index (χ0n) is 16.8. The van der Waals surface area contributed by atoms with Crippen LogP contribution in [-0.4, -0.2) is 47.4 Å². The van der Waals surface area contributed by atoms with Crippen molar-refractivity contribution in [3.05, 3.63) is 35.4 Å². The quantitative estimate of drug-likeness (QED) is 0.560. The Hall–Kier alpha value is -2.90. The highest BCUT2D eigenvalue weighted by Gasteiger charge is 2.29. The smallest absolute Gasteiger partial charge is 0.338 e. The van der Waals surface area contributed by atoms with E-state index in [-0.39, 0.29) is 36.5 Å². The van der Waals surface area contributed by atoms with E-state index in [2.05, 4.69) is 17.6 Å². The molecule has 0 spiro atoms. The lowest BCUT2D eigenvalue weighted by Gasteiger charge is -2.30. The third kappa shape index (κ3) is 5.13. The van der Waals surface area contributed by atoms with Gasteiger partial charge in [0.15, 0.2) is 6.10 Å². The minimum Gasteiger partial charge on any atom is -0.449 e. The molecule has 0 radical (unpaired) electrons. The van der Waals surface area contributed by atoms with Crippen LogP contribution in [-0.2, 0) is 20.9 Å². The fourth-order valence-corrected chi connectivity index (χ4v) is 3.71. The van der Waals surface area contributed by atoms with E-state index in [4.69, 9.17) is 4.74 Å². The van der Waals surface area contributed by atoms with Crippen LogP contribution < -0.4 is 10.6 Å². The standard InChI is InChI=1S/C21H27N3O5/c1-13-6-3-4-9-17(13)23-19(26)14(2)29-20(27)16-8-5-7-15(10-16)12-24-18(25)11-22-21(24)28/h5,7-8,10,13-14,17H,3-4,6,9,11-12H2,1-2H3,(H,22,28)(H,23,26). The summed E-state index contributed by atoms with van der Waals surface area (Å²) in [4.78, 5) is 49.4. The van der Waals surface area contributed by atoms with Crippen molar-refractivity contribution in [1.82, 2.24) is 15.5 Å². The van der Waals surface area contributed by atoms with Crippen LogP contribution in [0.5, 0.6) is 0 Å². The van der Waals surface area contributed by atoms with Crippen LogP contribution in [0.15, 0.2) is 24.3 Å². The molecule has 8 heteroatoms. The normalized spacial score (nSPS) is 22.8. The zero-order valence-corrected chi connectivity index (χ0v) is 16.8. The SMILES string of the molecule is CC(OC(=O)c1cccc(CN2C(=O)CNC2=O)c1)C(=O)NC1CCCCC1C. The first-order chi connectivity index (χ1) is 13.8. The number of hydrogen-bond donors (Lipinski definition) is 2. The Morgan fingerprint density at radius 3 is 2.72 bits per heavy atom. The minimum absolute atomic E-state index is 0.0210. The van der Waals surface area contributed by atoms with Crippen molar-refractivity contribution in [2.45, 2.75) is 58.2 Å². The van der Waals surface area contributed by atoms with Crippen molar-refractivity contribution in [2.24, 2.45) is 5.92 Å². The van der Waals surface area contributed by atoms with Crippen LogP contribution in [0.1, 0.15) is 55.5 Å². The predicted molar refractivity (Wildman–Crippen MR) is 105 cm³/mol. The van der Waals surface area contributed by atoms with E-state index in [1.54, 1.807) is 31.2 Å². The van der Waals surface area contributed by atoms with E-state index >= 15 is 0 Å². The van der Waals surface area contributed by atoms with Gasteiger partial charge in [0, 0.05) is 6.04 Å². The molecule has 156 valence electrons. The van der Waals surface area contributed by atoms with E-state index in [0.29, 0.717) is 11.5 Å². The number of benzene rings is 1. The fourth-order valence-electron chi connectivity index (χ4n) is 3.71. The molecule has 0 aromatic heterocycles. The van der Waals surface area contributed by atoms with Crippen molar-refractivity contribution < 1.29 is 23.9 Å². The van der Waals surface area contributed by atoms with E-state index < -0.39 is 18.1 Å². The number of nitrogens with one attached hydrogen (secondary N) is 2. The molecule has 3 unspecified atom stereocenters. The van der Waals surface area contributed by atoms with Gasteiger partial charge >= 0.3 is 12.0 Å². The molecule has 1 aliphatic heterocycles. The first kappa shape index (κ1) is 20.8. The Bertz CT molecular complexity index is 793. The summed E-state index contributed by atoms with van der Waals surface area (Å²) in [7, 11) is 0. The fraction of sp³-hybridized carbons (Fsp3) is 0.524. The molecule has 8 nitrogen and oxygen atoms in total. The molecule has 1 heterocycles. The third-order valence-corrected chi connectivity index (χ3v) is 5.53. The van der Waals surface area contributed by atoms with Gasteiger partial charge in [-0.15, -0.1) is 0 Å². The van der Waals surface area contributed by atoms with Crippen molar-refractivity contribution in [1.29, 1.82) is 0 Å². The van der Waals surface area contributed by atoms with E-state index in [0.717, 1.165) is 24.2 Å². The number of carbonyl (C=O) groups is 4. The minimum atomic E-state index is -0.911. The molecular formula is C21H27N3O5. The van der Waals surface area contributed by atoms with Gasteiger partial charge in [0.05, 0.1) is 18.7 Å². The van der Waals surface area contributed by atoms with Crippen molar-refractivity contribution >= 4 is 23.8 Å². The summed E-state index contributed by atoms with van der Waals surface area (Å²) in [6.45, 7) is 3.73. The number of nitrogens with zero attached hydrogens (tertiary/aromatic N) is 1. The van der Waals surface area contributed by atoms with Gasteiger partial charge in [-0.3, -0.25) is 14.5 Å². The van der Waals surface area contributed by atoms with E-state index in [1.807, 2.05) is 0 Å². The molecule has 2 fully saturated rings. The number of imide groups is 1. The number of amides is 4. The van der Waals surface area contributed by atoms with Crippen LogP contribution >= 0.6 is 0 Å². The van der Waals surface area contributed by atoms with E-state index in [9.17, 15) is 19.2 Å². The molecule has 1 aliphatic carbocycles. The van der Waals surface area contributed by atoms with Gasteiger partial charge in [0.25, 0.3) is 5.91 Å². The molecule has 4 amide bonds. The van der Waals surface area contributed by atoms with Gasteiger partial charge < -0.3 is 15.4 Å². The second-order valence-electron chi connectivity index (χ2n) is 7.76. The molecule has 1 saturated carbocycles. The highest BCUT2D eigenvalue weighted by atomic mass is 16.5. The Morgan fingerprint density at radius 2 is 2.03 bits per heavy atom. The Balaban J connectivity index is 1.57. The topological polar surface area (TPSA) is 105 Å². The number of rotatable bonds is 6. The summed E-state index contributed by atoms with van der Waals surface area (Å²) in [5.74, 6) is -0.820. The van der Waals surface area contributed by atoms with Crippen LogP contribution in [0.2, 0.25) is 0 Å². The molecule has 3 rings (SSSR count). The molecular weight excluding hydrogens is 374 g/mol. The molecule has 2 aliphatic rings. The summed E-state index contributed by atoms with van der Waals surface area (Å²) < 4.78 is 5.33. The average molecular weight is 401 g/mol. The number of ether oxygens (including phenoxy) is 1. The molecule has 3 atom stereocenters. The van der Waals surface area contributed by atoms with Crippen LogP contribution in [0.25, 0.3) is 0 Å². The second-order valence-corrected chi connectivity index (χ2v) is 7.76. The van der Waals surface area contributed by atoms with Gasteiger partial charge in [-0.05, 0) is 43.4 Å². The number of urea groups is 1. The summed E-state index contributed by atoms with van der Waals surface area (Å²) in [5.41, 5.74) is 0.887. The van der Waals surface area contributed by atoms with Crippen LogP contribution in [0.3, 0.4) is 0 Å². The molecule has 0 bridgehead atoms. The van der Waals surface area contributed by atoms with Gasteiger partial charge in [0.1, 0.15) is 0 Å². The van der Waals surface area contributed by atoms with Gasteiger partial charge in [-0.1, -0.05) is 31.9 Å². The van der Waals surface area contributed by atoms with Gasteiger partial charge in [-0.2, -0.15) is 0 Å². The van der Waals surface area contributed by atoms with E-state index in [1.165, 1.54) is 6.42 Å². The molecule has 1 aromatic rings. The maximum atomic E-state index is 12.5. The van der Waals surface area contributed by atoms with Gasteiger partial charge in [-0.25, -0.2) is 9.59 Å². The maximum Gasteiger partial charge on any atom is 0.338 e. The zero-order chi connectivity index (χ0) is 21.0. The Labute approximate surface area is 170 Å². The first-order valence-electron chi connectivity index (χ1n) is 10.0. The third-order valence-electron chi connectivity index (χ3n) is 5.53. The van der Waals surface area contributed by atoms with Gasteiger partial charge in [0.2, 0.25) is 5.91 Å².